The van der Waals surface area contributed by atoms with Gasteiger partial charge in [-0.2, -0.15) is 10.2 Å². The van der Waals surface area contributed by atoms with Gasteiger partial charge in [-0.1, -0.05) is 0 Å². The molecule has 2 aliphatic heterocycles. The Balaban J connectivity index is 1.24. The fourth-order valence-corrected chi connectivity index (χ4v) is 3.95. The van der Waals surface area contributed by atoms with Crippen LogP contribution < -0.4 is 0 Å². The molecular weight excluding hydrogens is 370 g/mol. The fraction of sp³-hybridized carbons (Fsp3) is 0.450. The lowest BCUT2D eigenvalue weighted by molar-refractivity contribution is 0.0657. The monoisotopic (exact) mass is 395 g/mol. The van der Waals surface area contributed by atoms with Crippen molar-refractivity contribution in [1.29, 1.82) is 0 Å². The number of H-pyrrole nitrogens is 1. The number of carbonyl (C=O) groups excluding carboxylic acids is 1. The second kappa shape index (κ2) is 7.49. The van der Waals surface area contributed by atoms with Crippen molar-refractivity contribution in [3.63, 3.8) is 0 Å². The summed E-state index contributed by atoms with van der Waals surface area (Å²) in [6.07, 6.45) is 1.71. The third-order valence-electron chi connectivity index (χ3n) is 5.69. The molecule has 1 N–H and O–H groups in total. The van der Waals surface area contributed by atoms with Crippen LogP contribution in [0.2, 0.25) is 0 Å². The van der Waals surface area contributed by atoms with Crippen LogP contribution in [0.3, 0.4) is 0 Å². The molecule has 9 nitrogen and oxygen atoms in total. The van der Waals surface area contributed by atoms with Crippen LogP contribution in [0.15, 0.2) is 34.9 Å². The van der Waals surface area contributed by atoms with Crippen molar-refractivity contribution >= 4 is 5.91 Å². The highest BCUT2D eigenvalue weighted by atomic mass is 16.3. The van der Waals surface area contributed by atoms with Gasteiger partial charge < -0.3 is 14.2 Å². The minimum absolute atomic E-state index is 0.0433. The average molecular weight is 395 g/mol. The van der Waals surface area contributed by atoms with E-state index in [0.717, 1.165) is 75.3 Å². The van der Waals surface area contributed by atoms with Crippen LogP contribution in [0.5, 0.6) is 0 Å². The van der Waals surface area contributed by atoms with Crippen LogP contribution in [0.1, 0.15) is 21.9 Å². The minimum Gasteiger partial charge on any atom is -0.458 e. The van der Waals surface area contributed by atoms with Gasteiger partial charge in [-0.15, -0.1) is 0 Å². The van der Waals surface area contributed by atoms with Crippen LogP contribution in [-0.4, -0.2) is 80.4 Å². The largest absolute Gasteiger partial charge is 0.458 e. The summed E-state index contributed by atoms with van der Waals surface area (Å²) in [5, 5.41) is 11.5. The van der Waals surface area contributed by atoms with E-state index < -0.39 is 0 Å². The van der Waals surface area contributed by atoms with Gasteiger partial charge in [0.2, 0.25) is 0 Å². The van der Waals surface area contributed by atoms with Crippen molar-refractivity contribution in [3.8, 4) is 11.5 Å². The average Bonchev–Trinajstić information content (AvgIpc) is 3.48. The lowest BCUT2D eigenvalue weighted by Gasteiger charge is -2.31. The number of nitrogens with zero attached hydrogens (tertiary/aromatic N) is 6. The molecule has 2 aliphatic rings. The molecule has 1 fully saturated rings. The molecule has 29 heavy (non-hydrogen) atoms. The Morgan fingerprint density at radius 1 is 1.14 bits per heavy atom. The Morgan fingerprint density at radius 2 is 2.00 bits per heavy atom. The van der Waals surface area contributed by atoms with E-state index in [1.54, 1.807) is 6.20 Å². The minimum atomic E-state index is 0.0433. The molecule has 5 heterocycles. The number of rotatable bonds is 4. The summed E-state index contributed by atoms with van der Waals surface area (Å²) in [5.41, 5.74) is 2.51. The molecule has 0 spiro atoms. The molecule has 1 amide bonds. The molecule has 0 radical (unpaired) electrons. The molecule has 0 aromatic carbocycles. The Hall–Kier alpha value is -2.91. The highest BCUT2D eigenvalue weighted by molar-refractivity contribution is 5.92. The van der Waals surface area contributed by atoms with Crippen LogP contribution in [0, 0.1) is 0 Å². The summed E-state index contributed by atoms with van der Waals surface area (Å²) >= 11 is 0. The van der Waals surface area contributed by atoms with E-state index in [-0.39, 0.29) is 5.91 Å². The zero-order chi connectivity index (χ0) is 19.8. The van der Waals surface area contributed by atoms with Gasteiger partial charge in [-0.25, -0.2) is 0 Å². The van der Waals surface area contributed by atoms with Crippen molar-refractivity contribution in [3.05, 3.63) is 47.6 Å². The van der Waals surface area contributed by atoms with Gasteiger partial charge in [-0.3, -0.25) is 19.5 Å². The number of piperazine rings is 1. The summed E-state index contributed by atoms with van der Waals surface area (Å²) < 4.78 is 7.92. The van der Waals surface area contributed by atoms with Gasteiger partial charge in [-0.05, 0) is 31.3 Å². The topological polar surface area (TPSA) is 86.4 Å². The van der Waals surface area contributed by atoms with E-state index in [0.29, 0.717) is 5.69 Å². The number of fused-ring (bicyclic) bond motifs is 1. The molecule has 9 heteroatoms. The van der Waals surface area contributed by atoms with Gasteiger partial charge in [0.15, 0.2) is 11.5 Å². The standard InChI is InChI=1S/C20H25N7O2/c1-24-6-9-26(10-7-24)20(28)18-12-15-13-25(8-11-27(15)23-18)14-16-2-3-19(29-16)17-4-5-21-22-17/h2-5,12H,6-11,13-14H2,1H3,(H,21,22). The number of nitrogens with one attached hydrogen (secondary N) is 1. The molecule has 152 valence electrons. The van der Waals surface area contributed by atoms with Crippen LogP contribution >= 0.6 is 0 Å². The number of aromatic amines is 1. The molecule has 3 aromatic heterocycles. The predicted molar refractivity (Wildman–Crippen MR) is 106 cm³/mol. The SMILES string of the molecule is CN1CCN(C(=O)c2cc3n(n2)CCN(Cc2ccc(-c4ccn[nH]4)o2)C3)CC1. The van der Waals surface area contributed by atoms with Crippen LogP contribution in [-0.2, 0) is 19.6 Å². The summed E-state index contributed by atoms with van der Waals surface area (Å²) in [5.74, 6) is 1.75. The van der Waals surface area contributed by atoms with Crippen molar-refractivity contribution in [1.82, 2.24) is 34.7 Å². The highest BCUT2D eigenvalue weighted by Crippen LogP contribution is 2.22. The number of amides is 1. The van der Waals surface area contributed by atoms with E-state index in [2.05, 4.69) is 32.1 Å². The van der Waals surface area contributed by atoms with Crippen molar-refractivity contribution < 1.29 is 9.21 Å². The van der Waals surface area contributed by atoms with Gasteiger partial charge >= 0.3 is 0 Å². The Labute approximate surface area is 168 Å². The third kappa shape index (κ3) is 3.70. The zero-order valence-electron chi connectivity index (χ0n) is 16.5. The van der Waals surface area contributed by atoms with Gasteiger partial charge in [0.1, 0.15) is 11.5 Å². The molecular formula is C20H25N7O2. The molecule has 0 bridgehead atoms. The maximum atomic E-state index is 12.8. The summed E-state index contributed by atoms with van der Waals surface area (Å²) in [7, 11) is 2.09. The number of carbonyl (C=O) groups is 1. The molecule has 5 rings (SSSR count). The number of hydrogen-bond donors (Lipinski definition) is 1. The molecule has 0 atom stereocenters. The first-order valence-electron chi connectivity index (χ1n) is 10.0. The number of furan rings is 1. The molecule has 0 saturated carbocycles. The van der Waals surface area contributed by atoms with Gasteiger partial charge in [0.05, 0.1) is 18.8 Å². The predicted octanol–water partition coefficient (Wildman–Crippen LogP) is 1.27. The second-order valence-corrected chi connectivity index (χ2v) is 7.79. The molecule has 0 aliphatic carbocycles. The summed E-state index contributed by atoms with van der Waals surface area (Å²) in [6, 6.07) is 7.81. The molecule has 3 aromatic rings. The lowest BCUT2D eigenvalue weighted by Crippen LogP contribution is -2.47. The second-order valence-electron chi connectivity index (χ2n) is 7.79. The number of likely N-dealkylation sites (N-methyl/N-ethyl adjacent to an activating group) is 1. The van der Waals surface area contributed by atoms with Crippen molar-refractivity contribution in [2.24, 2.45) is 0 Å². The van der Waals surface area contributed by atoms with Crippen molar-refractivity contribution in [2.75, 3.05) is 39.8 Å². The smallest absolute Gasteiger partial charge is 0.274 e. The summed E-state index contributed by atoms with van der Waals surface area (Å²) in [6.45, 7) is 6.48. The van der Waals surface area contributed by atoms with Crippen LogP contribution in [0.25, 0.3) is 11.5 Å². The first kappa shape index (κ1) is 18.1. The Morgan fingerprint density at radius 3 is 2.79 bits per heavy atom. The summed E-state index contributed by atoms with van der Waals surface area (Å²) in [4.78, 5) is 19.3. The fourth-order valence-electron chi connectivity index (χ4n) is 3.95. The quantitative estimate of drug-likeness (QED) is 0.716. The maximum Gasteiger partial charge on any atom is 0.274 e. The first-order chi connectivity index (χ1) is 14.2. The number of hydrogen-bond acceptors (Lipinski definition) is 6. The van der Waals surface area contributed by atoms with E-state index in [1.165, 1.54) is 0 Å². The van der Waals surface area contributed by atoms with Crippen molar-refractivity contribution in [2.45, 2.75) is 19.6 Å². The third-order valence-corrected chi connectivity index (χ3v) is 5.69. The van der Waals surface area contributed by atoms with E-state index in [9.17, 15) is 4.79 Å². The maximum absolute atomic E-state index is 12.8. The Kier molecular flexibility index (Phi) is 4.69. The first-order valence-corrected chi connectivity index (χ1v) is 10.0. The van der Waals surface area contributed by atoms with Crippen LogP contribution in [0.4, 0.5) is 0 Å². The normalized spacial score (nSPS) is 18.2. The molecule has 1 saturated heterocycles. The van der Waals surface area contributed by atoms with E-state index >= 15 is 0 Å². The van der Waals surface area contributed by atoms with Gasteiger partial charge in [0.25, 0.3) is 5.91 Å². The zero-order valence-corrected chi connectivity index (χ0v) is 16.5. The lowest BCUT2D eigenvalue weighted by atomic mass is 10.2. The Bertz CT molecular complexity index is 983. The van der Waals surface area contributed by atoms with E-state index in [1.807, 2.05) is 33.8 Å². The highest BCUT2D eigenvalue weighted by Gasteiger charge is 2.26. The van der Waals surface area contributed by atoms with E-state index in [4.69, 9.17) is 4.42 Å². The van der Waals surface area contributed by atoms with Gasteiger partial charge in [0, 0.05) is 45.5 Å². The molecule has 0 unspecified atom stereocenters. The number of aromatic nitrogens is 4.